The molecular formula is C42H82O3. The lowest BCUT2D eigenvalue weighted by Gasteiger charge is -2.25. The van der Waals surface area contributed by atoms with Gasteiger partial charge in [-0.3, -0.25) is 0 Å². The molecule has 3 nitrogen and oxygen atoms in total. The minimum atomic E-state index is 0.247. The summed E-state index contributed by atoms with van der Waals surface area (Å²) in [5, 5.41) is 18.1. The van der Waals surface area contributed by atoms with Gasteiger partial charge >= 0.3 is 0 Å². The van der Waals surface area contributed by atoms with Crippen molar-refractivity contribution in [2.24, 2.45) is 0 Å². The van der Waals surface area contributed by atoms with Crippen LogP contribution in [0.5, 0.6) is 0 Å². The van der Waals surface area contributed by atoms with Crippen LogP contribution in [0.3, 0.4) is 0 Å². The van der Waals surface area contributed by atoms with Gasteiger partial charge in [0.15, 0.2) is 0 Å². The molecule has 3 heteroatoms. The molecular weight excluding hydrogens is 552 g/mol. The number of ether oxygens (including phenoxy) is 1. The second-order valence-electron chi connectivity index (χ2n) is 13.9. The van der Waals surface area contributed by atoms with E-state index >= 15 is 0 Å². The predicted molar refractivity (Wildman–Crippen MR) is 200 cm³/mol. The Morgan fingerprint density at radius 2 is 0.622 bits per heavy atom. The van der Waals surface area contributed by atoms with Crippen LogP contribution < -0.4 is 0 Å². The van der Waals surface area contributed by atoms with Gasteiger partial charge in [0.1, 0.15) is 0 Å². The fraction of sp³-hybridized carbons (Fsp3) is 0.905. The molecule has 0 aliphatic carbocycles. The highest BCUT2D eigenvalue weighted by molar-refractivity contribution is 4.82. The first-order chi connectivity index (χ1) is 22.3. The molecule has 0 aliphatic heterocycles. The highest BCUT2D eigenvalue weighted by Gasteiger charge is 2.16. The minimum absolute atomic E-state index is 0.247. The van der Waals surface area contributed by atoms with E-state index < -0.39 is 0 Å². The maximum atomic E-state index is 9.07. The van der Waals surface area contributed by atoms with Crippen molar-refractivity contribution in [1.29, 1.82) is 0 Å². The predicted octanol–water partition coefficient (Wildman–Crippen LogP) is 13.4. The minimum Gasteiger partial charge on any atom is -0.396 e. The molecule has 0 aliphatic rings. The zero-order valence-corrected chi connectivity index (χ0v) is 30.8. The number of hydrogen-bond donors (Lipinski definition) is 2. The number of hydrogen-bond acceptors (Lipinski definition) is 3. The van der Waals surface area contributed by atoms with Gasteiger partial charge in [-0.05, 0) is 64.2 Å². The Morgan fingerprint density at radius 1 is 0.356 bits per heavy atom. The molecule has 0 aromatic carbocycles. The van der Waals surface area contributed by atoms with Crippen LogP contribution in [0.2, 0.25) is 0 Å². The smallest absolute Gasteiger partial charge is 0.0579 e. The summed E-state index contributed by atoms with van der Waals surface area (Å²) < 4.78 is 6.96. The van der Waals surface area contributed by atoms with Crippen molar-refractivity contribution < 1.29 is 14.9 Å². The molecule has 0 saturated carbocycles. The molecule has 0 fully saturated rings. The van der Waals surface area contributed by atoms with Crippen molar-refractivity contribution in [2.75, 3.05) is 13.2 Å². The monoisotopic (exact) mass is 635 g/mol. The van der Waals surface area contributed by atoms with Crippen LogP contribution in [0.1, 0.15) is 219 Å². The molecule has 0 spiro atoms. The standard InChI is InChI=1S/C42H82O3/c1-3-5-7-9-11-13-15-17-19-23-29-35-41(37-31-25-21-27-33-39-43)45-42(38-32-26-22-28-34-40-44)36-30-24-20-18-16-14-12-10-8-6-4-2/h21-22,27-28,41-44H,3-20,23-26,29-40H2,1-2H3. The molecule has 268 valence electrons. The molecule has 0 radical (unpaired) electrons. The van der Waals surface area contributed by atoms with E-state index in [1.54, 1.807) is 0 Å². The van der Waals surface area contributed by atoms with Crippen molar-refractivity contribution in [3.8, 4) is 0 Å². The Labute approximate surface area is 283 Å². The molecule has 0 saturated heterocycles. The highest BCUT2D eigenvalue weighted by Crippen LogP contribution is 2.23. The summed E-state index contributed by atoms with van der Waals surface area (Å²) in [5.41, 5.74) is 0. The normalized spacial score (nSPS) is 13.4. The Hall–Kier alpha value is -0.640. The summed E-state index contributed by atoms with van der Waals surface area (Å²) in [7, 11) is 0. The van der Waals surface area contributed by atoms with E-state index in [4.69, 9.17) is 14.9 Å². The third-order valence-corrected chi connectivity index (χ3v) is 9.36. The Balaban J connectivity index is 4.63. The molecule has 0 aromatic rings. The lowest BCUT2D eigenvalue weighted by molar-refractivity contribution is -0.0317. The largest absolute Gasteiger partial charge is 0.396 e. The van der Waals surface area contributed by atoms with Gasteiger partial charge in [0, 0.05) is 13.2 Å². The molecule has 0 amide bonds. The maximum Gasteiger partial charge on any atom is 0.0579 e. The third-order valence-electron chi connectivity index (χ3n) is 9.36. The molecule has 0 bridgehead atoms. The van der Waals surface area contributed by atoms with E-state index in [1.807, 2.05) is 0 Å². The first-order valence-electron chi connectivity index (χ1n) is 20.5. The van der Waals surface area contributed by atoms with Crippen molar-refractivity contribution in [1.82, 2.24) is 0 Å². The molecule has 0 heterocycles. The second kappa shape index (κ2) is 39.5. The zero-order chi connectivity index (χ0) is 32.7. The van der Waals surface area contributed by atoms with E-state index in [9.17, 15) is 0 Å². The van der Waals surface area contributed by atoms with E-state index in [2.05, 4.69) is 38.2 Å². The van der Waals surface area contributed by atoms with Crippen LogP contribution >= 0.6 is 0 Å². The van der Waals surface area contributed by atoms with Crippen LogP contribution in [0.15, 0.2) is 24.3 Å². The van der Waals surface area contributed by atoms with Gasteiger partial charge < -0.3 is 14.9 Å². The van der Waals surface area contributed by atoms with Crippen LogP contribution in [-0.4, -0.2) is 35.6 Å². The summed E-state index contributed by atoms with van der Waals surface area (Å²) in [4.78, 5) is 0. The van der Waals surface area contributed by atoms with Gasteiger partial charge in [0.25, 0.3) is 0 Å². The fourth-order valence-corrected chi connectivity index (χ4v) is 6.45. The average molecular weight is 635 g/mol. The Morgan fingerprint density at radius 3 is 0.933 bits per heavy atom. The van der Waals surface area contributed by atoms with Crippen LogP contribution in [0.25, 0.3) is 0 Å². The van der Waals surface area contributed by atoms with Crippen molar-refractivity contribution in [2.45, 2.75) is 232 Å². The Kier molecular flexibility index (Phi) is 39.0. The quantitative estimate of drug-likeness (QED) is 0.0525. The van der Waals surface area contributed by atoms with Gasteiger partial charge in [0.05, 0.1) is 12.2 Å². The van der Waals surface area contributed by atoms with Crippen LogP contribution in [0, 0.1) is 0 Å². The SMILES string of the molecule is CCCCCCCCCCCCCC(CCCC=CCCO)OC(CCCC=CCCO)CCCCCCCCCCCCC. The van der Waals surface area contributed by atoms with Gasteiger partial charge in [0.2, 0.25) is 0 Å². The first kappa shape index (κ1) is 44.4. The average Bonchev–Trinajstić information content (AvgIpc) is 3.05. The number of aliphatic hydroxyl groups excluding tert-OH is 2. The lowest BCUT2D eigenvalue weighted by atomic mass is 10.00. The number of allylic oxidation sites excluding steroid dienone is 2. The molecule has 2 N–H and O–H groups in total. The second-order valence-corrected chi connectivity index (χ2v) is 13.9. The lowest BCUT2D eigenvalue weighted by Crippen LogP contribution is -2.23. The summed E-state index contributed by atoms with van der Waals surface area (Å²) in [6.07, 6.45) is 51.0. The summed E-state index contributed by atoms with van der Waals surface area (Å²) in [5.74, 6) is 0. The first-order valence-corrected chi connectivity index (χ1v) is 20.5. The van der Waals surface area contributed by atoms with E-state index in [0.717, 1.165) is 38.5 Å². The van der Waals surface area contributed by atoms with Gasteiger partial charge in [-0.1, -0.05) is 179 Å². The van der Waals surface area contributed by atoms with Gasteiger partial charge in [-0.2, -0.15) is 0 Å². The van der Waals surface area contributed by atoms with Crippen molar-refractivity contribution in [3.05, 3.63) is 24.3 Å². The fourth-order valence-electron chi connectivity index (χ4n) is 6.45. The van der Waals surface area contributed by atoms with Crippen molar-refractivity contribution >= 4 is 0 Å². The van der Waals surface area contributed by atoms with E-state index in [-0.39, 0.29) is 13.2 Å². The Bertz CT molecular complexity index is 536. The van der Waals surface area contributed by atoms with Gasteiger partial charge in [-0.25, -0.2) is 0 Å². The molecule has 0 rings (SSSR count). The van der Waals surface area contributed by atoms with E-state index in [1.165, 1.54) is 167 Å². The number of unbranched alkanes of at least 4 members (excludes halogenated alkanes) is 22. The zero-order valence-electron chi connectivity index (χ0n) is 30.8. The molecule has 0 aromatic heterocycles. The van der Waals surface area contributed by atoms with Crippen molar-refractivity contribution in [3.63, 3.8) is 0 Å². The summed E-state index contributed by atoms with van der Waals surface area (Å²) in [6, 6.07) is 0. The molecule has 45 heavy (non-hydrogen) atoms. The third kappa shape index (κ3) is 36.0. The maximum absolute atomic E-state index is 9.07. The summed E-state index contributed by atoms with van der Waals surface area (Å²) >= 11 is 0. The topological polar surface area (TPSA) is 49.7 Å². The number of rotatable bonds is 38. The van der Waals surface area contributed by atoms with E-state index in [0.29, 0.717) is 12.2 Å². The van der Waals surface area contributed by atoms with Crippen LogP contribution in [0.4, 0.5) is 0 Å². The number of aliphatic hydroxyl groups is 2. The van der Waals surface area contributed by atoms with Crippen LogP contribution in [-0.2, 0) is 4.74 Å². The molecule has 2 atom stereocenters. The highest BCUT2D eigenvalue weighted by atomic mass is 16.5. The summed E-state index contributed by atoms with van der Waals surface area (Å²) in [6.45, 7) is 5.09. The van der Waals surface area contributed by atoms with Gasteiger partial charge in [-0.15, -0.1) is 0 Å². The molecule has 2 unspecified atom stereocenters.